The quantitative estimate of drug-likeness (QED) is 0.0589. The molecule has 50 heavy (non-hydrogen) atoms. The SMILES string of the molecule is O=C(O)[C@@H](O)[C@](O)(C(=O)/C=C/c1ccc(O)c(O)c1)[C@](O)(C(=O)/C=C/c1ccc(O)c(O)c1)[C@@](O)(C(=O)O)C(=O)/C=C/c1ccc(O)c(O)c1. The van der Waals surface area contributed by atoms with Crippen molar-refractivity contribution in [3.8, 4) is 34.5 Å². The highest BCUT2D eigenvalue weighted by Crippen LogP contribution is 2.41. The first-order valence-electron chi connectivity index (χ1n) is 13.8. The van der Waals surface area contributed by atoms with Gasteiger partial charge < -0.3 is 61.3 Å². The van der Waals surface area contributed by atoms with Gasteiger partial charge in [0, 0.05) is 0 Å². The van der Waals surface area contributed by atoms with Crippen LogP contribution in [0.1, 0.15) is 16.7 Å². The van der Waals surface area contributed by atoms with Gasteiger partial charge in [0.25, 0.3) is 5.60 Å². The Morgan fingerprint density at radius 1 is 0.520 bits per heavy atom. The Hall–Kier alpha value is -6.53. The number of carbonyl (C=O) groups is 5. The van der Waals surface area contributed by atoms with Crippen LogP contribution in [0, 0.1) is 0 Å². The third-order valence-electron chi connectivity index (χ3n) is 7.38. The summed E-state index contributed by atoms with van der Waals surface area (Å²) in [7, 11) is 0. The minimum absolute atomic E-state index is 0.156. The number of carboxylic acids is 2. The average molecular weight is 697 g/mol. The highest BCUT2D eigenvalue weighted by Gasteiger charge is 2.77. The summed E-state index contributed by atoms with van der Waals surface area (Å²) in [5.74, 6) is -16.2. The number of aromatic hydroxyl groups is 6. The second kappa shape index (κ2) is 14.3. The van der Waals surface area contributed by atoms with Gasteiger partial charge in [-0.3, -0.25) is 14.4 Å². The Labute approximate surface area is 279 Å². The number of rotatable bonds is 14. The lowest BCUT2D eigenvalue weighted by atomic mass is 9.62. The molecule has 4 atom stereocenters. The molecule has 0 spiro atoms. The lowest BCUT2D eigenvalue weighted by molar-refractivity contribution is -0.247. The topological polar surface area (TPSA) is 328 Å². The molecule has 3 aromatic rings. The lowest BCUT2D eigenvalue weighted by Crippen LogP contribution is -2.82. The van der Waals surface area contributed by atoms with Gasteiger partial charge in [-0.2, -0.15) is 0 Å². The molecule has 0 saturated carbocycles. The number of benzene rings is 3. The minimum atomic E-state index is -4.85. The fourth-order valence-electron chi connectivity index (χ4n) is 4.59. The average Bonchev–Trinajstić information content (AvgIpc) is 3.07. The van der Waals surface area contributed by atoms with Crippen molar-refractivity contribution in [3.63, 3.8) is 0 Å². The molecule has 3 aromatic carbocycles. The molecule has 0 aliphatic rings. The summed E-state index contributed by atoms with van der Waals surface area (Å²) in [6.07, 6.45) is -1.12. The first kappa shape index (κ1) is 37.9. The van der Waals surface area contributed by atoms with Crippen LogP contribution in [0.3, 0.4) is 0 Å². The van der Waals surface area contributed by atoms with Gasteiger partial charge in [0.05, 0.1) is 0 Å². The zero-order chi connectivity index (χ0) is 37.8. The molecule has 0 heterocycles. The molecule has 0 aliphatic carbocycles. The van der Waals surface area contributed by atoms with Gasteiger partial charge in [0.15, 0.2) is 52.2 Å². The molecule has 0 bridgehead atoms. The molecular weight excluding hydrogens is 668 g/mol. The van der Waals surface area contributed by atoms with Gasteiger partial charge >= 0.3 is 11.9 Å². The Morgan fingerprint density at radius 3 is 1.18 bits per heavy atom. The Bertz CT molecular complexity index is 1960. The van der Waals surface area contributed by atoms with Crippen molar-refractivity contribution >= 4 is 47.5 Å². The van der Waals surface area contributed by atoms with Crippen LogP contribution in [0.2, 0.25) is 0 Å². The Kier molecular flexibility index (Phi) is 10.8. The normalized spacial score (nSPS) is 16.0. The van der Waals surface area contributed by atoms with E-state index in [4.69, 9.17) is 0 Å². The van der Waals surface area contributed by atoms with Crippen molar-refractivity contribution in [2.75, 3.05) is 0 Å². The molecular formula is C33H28O17. The molecule has 12 N–H and O–H groups in total. The standard InChI is InChI=1S/C33H28O17/c34-19-7-1-16(13-22(19)37)4-10-25(40)31(48,28(43)29(44)45)33(50,27(42)12-6-18-3-9-21(36)24(39)15-18)32(49,30(46)47)26(41)11-5-17-2-8-20(35)23(38)14-17/h1-15,28,34-39,43,48-50H,(H,44,45)(H,46,47)/b10-4+,11-5+,12-6+/t28-,31-,32+,33-/m1/s1. The molecule has 0 unspecified atom stereocenters. The third kappa shape index (κ3) is 6.86. The summed E-state index contributed by atoms with van der Waals surface area (Å²) >= 11 is 0. The van der Waals surface area contributed by atoms with Gasteiger partial charge in [-0.1, -0.05) is 36.4 Å². The Morgan fingerprint density at radius 2 is 0.860 bits per heavy atom. The number of hydrogen-bond acceptors (Lipinski definition) is 15. The molecule has 262 valence electrons. The number of phenolic OH excluding ortho intramolecular Hbond substituents is 6. The van der Waals surface area contributed by atoms with Gasteiger partial charge in [0.1, 0.15) is 0 Å². The monoisotopic (exact) mass is 696 g/mol. The maximum absolute atomic E-state index is 13.8. The fraction of sp³-hybridized carbons (Fsp3) is 0.121. The van der Waals surface area contributed by atoms with Crippen LogP contribution in [-0.2, 0) is 24.0 Å². The number of carboxylic acid groups (broad SMARTS) is 2. The summed E-state index contributed by atoms with van der Waals surface area (Å²) in [6.45, 7) is 0. The van der Waals surface area contributed by atoms with Crippen LogP contribution in [0.5, 0.6) is 34.5 Å². The van der Waals surface area contributed by atoms with Gasteiger partial charge in [-0.05, 0) is 71.3 Å². The van der Waals surface area contributed by atoms with Crippen molar-refractivity contribution in [2.24, 2.45) is 0 Å². The maximum Gasteiger partial charge on any atom is 0.347 e. The predicted molar refractivity (Wildman–Crippen MR) is 168 cm³/mol. The van der Waals surface area contributed by atoms with E-state index in [0.717, 1.165) is 54.6 Å². The number of phenols is 6. The lowest BCUT2D eigenvalue weighted by Gasteiger charge is -2.47. The van der Waals surface area contributed by atoms with Gasteiger partial charge in [0.2, 0.25) is 17.0 Å². The highest BCUT2D eigenvalue weighted by molar-refractivity contribution is 6.23. The molecule has 3 rings (SSSR count). The number of aliphatic carboxylic acids is 2. The van der Waals surface area contributed by atoms with Gasteiger partial charge in [-0.15, -0.1) is 0 Å². The van der Waals surface area contributed by atoms with Crippen LogP contribution < -0.4 is 0 Å². The number of hydrogen-bond donors (Lipinski definition) is 12. The van der Waals surface area contributed by atoms with E-state index in [9.17, 15) is 85.3 Å². The summed E-state index contributed by atoms with van der Waals surface area (Å²) in [5.41, 5.74) is -14.8. The van der Waals surface area contributed by atoms with E-state index < -0.39 is 86.7 Å². The molecule has 0 saturated heterocycles. The molecule has 17 heteroatoms. The van der Waals surface area contributed by atoms with Crippen molar-refractivity contribution in [1.29, 1.82) is 0 Å². The maximum atomic E-state index is 13.8. The van der Waals surface area contributed by atoms with E-state index in [1.54, 1.807) is 0 Å². The second-order valence-electron chi connectivity index (χ2n) is 10.6. The highest BCUT2D eigenvalue weighted by atomic mass is 16.5. The van der Waals surface area contributed by atoms with E-state index in [0.29, 0.717) is 18.2 Å². The van der Waals surface area contributed by atoms with E-state index in [1.807, 2.05) is 0 Å². The third-order valence-corrected chi connectivity index (χ3v) is 7.38. The van der Waals surface area contributed by atoms with Crippen LogP contribution in [-0.4, -0.2) is 113 Å². The second-order valence-corrected chi connectivity index (χ2v) is 10.6. The largest absolute Gasteiger partial charge is 0.504 e. The molecule has 0 fully saturated rings. The summed E-state index contributed by atoms with van der Waals surface area (Å²) in [4.78, 5) is 65.7. The van der Waals surface area contributed by atoms with Crippen LogP contribution in [0.4, 0.5) is 0 Å². The Balaban J connectivity index is 2.35. The predicted octanol–water partition coefficient (Wildman–Crippen LogP) is -0.209. The zero-order valence-electron chi connectivity index (χ0n) is 25.1. The summed E-state index contributed by atoms with van der Waals surface area (Å²) in [5, 5.41) is 123. The van der Waals surface area contributed by atoms with E-state index in [2.05, 4.69) is 0 Å². The van der Waals surface area contributed by atoms with Crippen molar-refractivity contribution in [3.05, 3.63) is 89.5 Å². The van der Waals surface area contributed by atoms with Crippen LogP contribution >= 0.6 is 0 Å². The molecule has 0 aliphatic heterocycles. The minimum Gasteiger partial charge on any atom is -0.504 e. The van der Waals surface area contributed by atoms with Crippen LogP contribution in [0.15, 0.2) is 72.8 Å². The molecule has 0 radical (unpaired) electrons. The van der Waals surface area contributed by atoms with Crippen molar-refractivity contribution in [1.82, 2.24) is 0 Å². The molecule has 17 nitrogen and oxygen atoms in total. The van der Waals surface area contributed by atoms with Crippen molar-refractivity contribution < 1.29 is 85.3 Å². The van der Waals surface area contributed by atoms with E-state index >= 15 is 0 Å². The summed E-state index contributed by atoms with van der Waals surface area (Å²) < 4.78 is 0. The first-order chi connectivity index (χ1) is 23.2. The van der Waals surface area contributed by atoms with E-state index in [-0.39, 0.29) is 34.9 Å². The van der Waals surface area contributed by atoms with Crippen LogP contribution in [0.25, 0.3) is 18.2 Å². The number of ketones is 3. The van der Waals surface area contributed by atoms with Crippen molar-refractivity contribution in [2.45, 2.75) is 22.9 Å². The number of aliphatic hydroxyl groups excluding tert-OH is 1. The first-order valence-corrected chi connectivity index (χ1v) is 13.8. The number of aliphatic hydroxyl groups is 4. The zero-order valence-corrected chi connectivity index (χ0v) is 25.1. The molecule has 0 amide bonds. The smallest absolute Gasteiger partial charge is 0.347 e. The molecule has 0 aromatic heterocycles. The van der Waals surface area contributed by atoms with E-state index in [1.165, 1.54) is 0 Å². The fourth-order valence-corrected chi connectivity index (χ4v) is 4.59. The van der Waals surface area contributed by atoms with Gasteiger partial charge in [-0.25, -0.2) is 9.59 Å². The number of carbonyl (C=O) groups excluding carboxylic acids is 3. The summed E-state index contributed by atoms with van der Waals surface area (Å²) in [6, 6.07) is 8.42.